The van der Waals surface area contributed by atoms with Crippen molar-refractivity contribution in [3.05, 3.63) is 12.7 Å². The minimum atomic E-state index is -0.658. The molecule has 2 nitrogen and oxygen atoms in total. The Bertz CT molecular complexity index is 112. The van der Waals surface area contributed by atoms with Gasteiger partial charge in [-0.2, -0.15) is 0 Å². The fourth-order valence-corrected chi connectivity index (χ4v) is 0.330. The Balaban J connectivity index is 3.27. The molecule has 0 aliphatic rings. The number of ether oxygens (including phenoxy) is 1. The molecule has 0 aromatic carbocycles. The predicted octanol–water partition coefficient (Wildman–Crippen LogP) is 1.52. The fraction of sp³-hybridized carbons (Fsp3) is 0.400. The van der Waals surface area contributed by atoms with Crippen molar-refractivity contribution < 1.29 is 9.53 Å². The van der Waals surface area contributed by atoms with Gasteiger partial charge in [0, 0.05) is 6.08 Å². The SMILES string of the molecule is C=CC(=O)OCC(Cl)Cl. The standard InChI is InChI=1S/C5H6Cl2O2/c1-2-5(8)9-3-4(6)7/h2,4H,1,3H2. The van der Waals surface area contributed by atoms with Crippen LogP contribution >= 0.6 is 23.2 Å². The van der Waals surface area contributed by atoms with E-state index in [4.69, 9.17) is 23.2 Å². The van der Waals surface area contributed by atoms with E-state index < -0.39 is 10.8 Å². The smallest absolute Gasteiger partial charge is 0.330 e. The quantitative estimate of drug-likeness (QED) is 0.363. The second-order valence-electron chi connectivity index (χ2n) is 1.23. The molecular weight excluding hydrogens is 163 g/mol. The first kappa shape index (κ1) is 8.79. The molecule has 0 atom stereocenters. The van der Waals surface area contributed by atoms with Crippen LogP contribution in [0.4, 0.5) is 0 Å². The summed E-state index contributed by atoms with van der Waals surface area (Å²) in [6.07, 6.45) is 1.05. The van der Waals surface area contributed by atoms with E-state index in [0.29, 0.717) is 0 Å². The van der Waals surface area contributed by atoms with Gasteiger partial charge in [-0.25, -0.2) is 4.79 Å². The minimum absolute atomic E-state index is 0.00790. The molecule has 0 saturated carbocycles. The van der Waals surface area contributed by atoms with Gasteiger partial charge in [0.2, 0.25) is 0 Å². The van der Waals surface area contributed by atoms with Gasteiger partial charge in [-0.3, -0.25) is 0 Å². The summed E-state index contributed by atoms with van der Waals surface area (Å²) in [4.78, 5) is 9.60. The lowest BCUT2D eigenvalue weighted by Crippen LogP contribution is -2.06. The molecule has 0 N–H and O–H groups in total. The van der Waals surface area contributed by atoms with Crippen LogP contribution in [0.25, 0.3) is 0 Å². The normalized spacial score (nSPS) is 9.22. The van der Waals surface area contributed by atoms with E-state index >= 15 is 0 Å². The van der Waals surface area contributed by atoms with Crippen molar-refractivity contribution in [3.8, 4) is 0 Å². The van der Waals surface area contributed by atoms with Gasteiger partial charge in [0.25, 0.3) is 0 Å². The van der Waals surface area contributed by atoms with Crippen LogP contribution in [-0.2, 0) is 9.53 Å². The maximum Gasteiger partial charge on any atom is 0.330 e. The minimum Gasteiger partial charge on any atom is -0.460 e. The Morgan fingerprint density at radius 3 is 2.67 bits per heavy atom. The molecule has 0 bridgehead atoms. The molecule has 4 heteroatoms. The van der Waals surface area contributed by atoms with E-state index in [1.54, 1.807) is 0 Å². The highest BCUT2D eigenvalue weighted by atomic mass is 35.5. The average molecular weight is 169 g/mol. The van der Waals surface area contributed by atoms with E-state index in [1.807, 2.05) is 0 Å². The number of carbonyl (C=O) groups excluding carboxylic acids is 1. The van der Waals surface area contributed by atoms with Crippen LogP contribution in [0.15, 0.2) is 12.7 Å². The molecule has 0 aromatic heterocycles. The molecule has 0 rings (SSSR count). The molecule has 0 spiro atoms. The molecule has 0 amide bonds. The number of halogens is 2. The van der Waals surface area contributed by atoms with Crippen molar-refractivity contribution >= 4 is 29.2 Å². The Morgan fingerprint density at radius 1 is 1.78 bits per heavy atom. The molecule has 0 fully saturated rings. The van der Waals surface area contributed by atoms with Crippen molar-refractivity contribution in [2.45, 2.75) is 4.84 Å². The lowest BCUT2D eigenvalue weighted by Gasteiger charge is -1.99. The van der Waals surface area contributed by atoms with Gasteiger partial charge in [0.05, 0.1) is 0 Å². The summed E-state index contributed by atoms with van der Waals surface area (Å²) < 4.78 is 4.43. The fourth-order valence-electron chi connectivity index (χ4n) is 0.204. The Hall–Kier alpha value is -0.210. The average Bonchev–Trinajstić information content (AvgIpc) is 1.83. The summed E-state index contributed by atoms with van der Waals surface area (Å²) >= 11 is 10.5. The van der Waals surface area contributed by atoms with Gasteiger partial charge in [-0.1, -0.05) is 6.58 Å². The highest BCUT2D eigenvalue weighted by molar-refractivity contribution is 6.44. The number of hydrogen-bond acceptors (Lipinski definition) is 2. The summed E-state index contributed by atoms with van der Waals surface area (Å²) in [5, 5.41) is 0. The summed E-state index contributed by atoms with van der Waals surface area (Å²) in [6, 6.07) is 0. The van der Waals surface area contributed by atoms with Crippen molar-refractivity contribution in [1.29, 1.82) is 0 Å². The van der Waals surface area contributed by atoms with E-state index in [2.05, 4.69) is 11.3 Å². The lowest BCUT2D eigenvalue weighted by molar-refractivity contribution is -0.137. The first-order chi connectivity index (χ1) is 4.16. The van der Waals surface area contributed by atoms with Crippen LogP contribution in [0.2, 0.25) is 0 Å². The van der Waals surface area contributed by atoms with E-state index in [9.17, 15) is 4.79 Å². The second kappa shape index (κ2) is 4.65. The predicted molar refractivity (Wildman–Crippen MR) is 36.7 cm³/mol. The van der Waals surface area contributed by atoms with Gasteiger partial charge in [0.1, 0.15) is 11.4 Å². The van der Waals surface area contributed by atoms with Crippen LogP contribution < -0.4 is 0 Å². The molecule has 0 aromatic rings. The molecule has 0 radical (unpaired) electrons. The zero-order valence-electron chi connectivity index (χ0n) is 4.64. The molecule has 52 valence electrons. The van der Waals surface area contributed by atoms with E-state index in [0.717, 1.165) is 6.08 Å². The zero-order chi connectivity index (χ0) is 7.28. The maximum atomic E-state index is 10.3. The van der Waals surface area contributed by atoms with Crippen molar-refractivity contribution in [1.82, 2.24) is 0 Å². The summed E-state index contributed by atoms with van der Waals surface area (Å²) in [7, 11) is 0. The van der Waals surface area contributed by atoms with Crippen LogP contribution in [0.3, 0.4) is 0 Å². The van der Waals surface area contributed by atoms with Crippen molar-refractivity contribution in [2.24, 2.45) is 0 Å². The van der Waals surface area contributed by atoms with Gasteiger partial charge in [0.15, 0.2) is 0 Å². The number of alkyl halides is 2. The van der Waals surface area contributed by atoms with Gasteiger partial charge < -0.3 is 4.74 Å². The Kier molecular flexibility index (Phi) is 4.54. The maximum absolute atomic E-state index is 10.3. The third kappa shape index (κ3) is 5.66. The summed E-state index contributed by atoms with van der Waals surface area (Å²) in [5.74, 6) is -0.513. The molecule has 0 aliphatic heterocycles. The van der Waals surface area contributed by atoms with Crippen LogP contribution in [0, 0.1) is 0 Å². The first-order valence-electron chi connectivity index (χ1n) is 2.24. The molecule has 9 heavy (non-hydrogen) atoms. The zero-order valence-corrected chi connectivity index (χ0v) is 6.15. The van der Waals surface area contributed by atoms with Crippen molar-refractivity contribution in [2.75, 3.05) is 6.61 Å². The molecule has 0 saturated heterocycles. The Labute approximate surface area is 63.4 Å². The third-order valence-electron chi connectivity index (χ3n) is 0.518. The second-order valence-corrected chi connectivity index (χ2v) is 2.50. The van der Waals surface area contributed by atoms with Gasteiger partial charge in [-0.15, -0.1) is 23.2 Å². The third-order valence-corrected chi connectivity index (χ3v) is 0.770. The molecule has 0 aliphatic carbocycles. The van der Waals surface area contributed by atoms with Crippen LogP contribution in [-0.4, -0.2) is 17.4 Å². The summed E-state index contributed by atoms with van der Waals surface area (Å²) in [5.41, 5.74) is 0. The lowest BCUT2D eigenvalue weighted by atomic mass is 10.6. The topological polar surface area (TPSA) is 26.3 Å². The number of hydrogen-bond donors (Lipinski definition) is 0. The molecular formula is C5H6Cl2O2. The number of esters is 1. The monoisotopic (exact) mass is 168 g/mol. The van der Waals surface area contributed by atoms with Gasteiger partial charge in [-0.05, 0) is 0 Å². The van der Waals surface area contributed by atoms with Gasteiger partial charge >= 0.3 is 5.97 Å². The first-order valence-corrected chi connectivity index (χ1v) is 3.11. The van der Waals surface area contributed by atoms with E-state index in [-0.39, 0.29) is 6.61 Å². The summed E-state index contributed by atoms with van der Waals surface area (Å²) in [6.45, 7) is 3.19. The molecule has 0 heterocycles. The van der Waals surface area contributed by atoms with Crippen molar-refractivity contribution in [3.63, 3.8) is 0 Å². The van der Waals surface area contributed by atoms with Crippen LogP contribution in [0.1, 0.15) is 0 Å². The highest BCUT2D eigenvalue weighted by Crippen LogP contribution is 2.00. The largest absolute Gasteiger partial charge is 0.460 e. The van der Waals surface area contributed by atoms with Crippen LogP contribution in [0.5, 0.6) is 0 Å². The number of carbonyl (C=O) groups is 1. The number of rotatable bonds is 3. The highest BCUT2D eigenvalue weighted by Gasteiger charge is 2.00. The van der Waals surface area contributed by atoms with E-state index in [1.165, 1.54) is 0 Å². The Morgan fingerprint density at radius 2 is 2.33 bits per heavy atom. The molecule has 0 unspecified atom stereocenters.